The van der Waals surface area contributed by atoms with Crippen LogP contribution in [0.5, 0.6) is 0 Å². The van der Waals surface area contributed by atoms with Gasteiger partial charge in [0.15, 0.2) is 0 Å². The molecule has 1 rings (SSSR count). The molecule has 1 atom stereocenters. The highest BCUT2D eigenvalue weighted by Gasteiger charge is 2.49. The van der Waals surface area contributed by atoms with Crippen LogP contribution in [-0.2, 0) is 18.5 Å². The van der Waals surface area contributed by atoms with Crippen molar-refractivity contribution in [2.24, 2.45) is 0 Å². The van der Waals surface area contributed by atoms with Gasteiger partial charge in [-0.3, -0.25) is 0 Å². The first-order valence-electron chi connectivity index (χ1n) is 6.30. The van der Waals surface area contributed by atoms with Crippen LogP contribution in [0.3, 0.4) is 0 Å². The summed E-state index contributed by atoms with van der Waals surface area (Å²) in [6.45, 7) is 1.27. The van der Waals surface area contributed by atoms with Gasteiger partial charge in [0.25, 0.3) is 0 Å². The van der Waals surface area contributed by atoms with E-state index in [1.807, 2.05) is 0 Å². The summed E-state index contributed by atoms with van der Waals surface area (Å²) in [6, 6.07) is -1.68. The summed E-state index contributed by atoms with van der Waals surface area (Å²) in [5.41, 5.74) is -7.62. The maximum atomic E-state index is 13.1. The van der Waals surface area contributed by atoms with Crippen molar-refractivity contribution < 1.29 is 39.5 Å². The van der Waals surface area contributed by atoms with E-state index in [1.165, 1.54) is 6.92 Å². The Kier molecular flexibility index (Phi) is 5.30. The smallest absolute Gasteiger partial charge is 0.313 e. The number of nitrogens with one attached hydrogen (secondary N) is 1. The van der Waals surface area contributed by atoms with Gasteiger partial charge in [0, 0.05) is 6.04 Å². The zero-order valence-electron chi connectivity index (χ0n) is 11.8. The van der Waals surface area contributed by atoms with E-state index in [-0.39, 0.29) is 18.6 Å². The standard InChI is InChI=1S/C13H12F9N/c1-3-8(23-2)9-6(11(14,15)16)4-5-7(12(17,18)19)10(9)13(20,21)22/h4-5,8,23H,3H2,1-2H3. The van der Waals surface area contributed by atoms with Crippen LogP contribution in [0.4, 0.5) is 39.5 Å². The number of halogens is 9. The van der Waals surface area contributed by atoms with E-state index in [4.69, 9.17) is 0 Å². The van der Waals surface area contributed by atoms with Gasteiger partial charge in [0.05, 0.1) is 16.7 Å². The number of benzene rings is 1. The van der Waals surface area contributed by atoms with Gasteiger partial charge in [-0.2, -0.15) is 39.5 Å². The summed E-state index contributed by atoms with van der Waals surface area (Å²) in [7, 11) is 1.08. The summed E-state index contributed by atoms with van der Waals surface area (Å²) < 4.78 is 117. The van der Waals surface area contributed by atoms with Gasteiger partial charge in [-0.1, -0.05) is 6.92 Å². The van der Waals surface area contributed by atoms with Gasteiger partial charge < -0.3 is 5.32 Å². The van der Waals surface area contributed by atoms with Crippen LogP contribution in [0.2, 0.25) is 0 Å². The molecule has 0 aliphatic carbocycles. The summed E-state index contributed by atoms with van der Waals surface area (Å²) in [5.74, 6) is 0. The second-order valence-corrected chi connectivity index (χ2v) is 4.69. The molecule has 1 nitrogen and oxygen atoms in total. The van der Waals surface area contributed by atoms with Gasteiger partial charge in [0.1, 0.15) is 0 Å². The average molecular weight is 353 g/mol. The fourth-order valence-corrected chi connectivity index (χ4v) is 2.32. The third kappa shape index (κ3) is 4.10. The van der Waals surface area contributed by atoms with Crippen molar-refractivity contribution in [1.29, 1.82) is 0 Å². The lowest BCUT2D eigenvalue weighted by Crippen LogP contribution is -2.28. The SMILES string of the molecule is CCC(NC)c1c(C(F)(F)F)ccc(C(F)(F)F)c1C(F)(F)F. The minimum atomic E-state index is -5.59. The van der Waals surface area contributed by atoms with Crippen LogP contribution in [0.25, 0.3) is 0 Å². The van der Waals surface area contributed by atoms with Crippen molar-refractivity contribution in [2.75, 3.05) is 7.05 Å². The topological polar surface area (TPSA) is 12.0 Å². The predicted octanol–water partition coefficient (Wildman–Crippen LogP) is 5.41. The zero-order valence-corrected chi connectivity index (χ0v) is 11.8. The van der Waals surface area contributed by atoms with E-state index < -0.39 is 46.8 Å². The van der Waals surface area contributed by atoms with Crippen molar-refractivity contribution in [2.45, 2.75) is 37.9 Å². The molecule has 0 saturated heterocycles. The first-order chi connectivity index (χ1) is 10.2. The second kappa shape index (κ2) is 6.21. The Bertz CT molecular complexity index is 550. The average Bonchev–Trinajstić information content (AvgIpc) is 2.35. The minimum Gasteiger partial charge on any atom is -0.313 e. The van der Waals surface area contributed by atoms with E-state index in [1.54, 1.807) is 0 Å². The van der Waals surface area contributed by atoms with Gasteiger partial charge in [0.2, 0.25) is 0 Å². The molecule has 132 valence electrons. The molecule has 0 aromatic heterocycles. The molecule has 1 unspecified atom stereocenters. The Morgan fingerprint density at radius 3 is 1.57 bits per heavy atom. The van der Waals surface area contributed by atoms with E-state index in [0.29, 0.717) is 0 Å². The molecule has 0 aliphatic heterocycles. The third-order valence-corrected chi connectivity index (χ3v) is 3.24. The predicted molar refractivity (Wildman–Crippen MR) is 63.5 cm³/mol. The molecule has 0 bridgehead atoms. The number of hydrogen-bond acceptors (Lipinski definition) is 1. The zero-order chi connectivity index (χ0) is 18.2. The highest BCUT2D eigenvalue weighted by molar-refractivity contribution is 5.47. The van der Waals surface area contributed by atoms with Gasteiger partial charge in [-0.25, -0.2) is 0 Å². The molecule has 1 aromatic rings. The maximum absolute atomic E-state index is 13.1. The second-order valence-electron chi connectivity index (χ2n) is 4.69. The summed E-state index contributed by atoms with van der Waals surface area (Å²) >= 11 is 0. The van der Waals surface area contributed by atoms with Crippen LogP contribution in [0.15, 0.2) is 12.1 Å². The van der Waals surface area contributed by atoms with Crippen LogP contribution in [-0.4, -0.2) is 7.05 Å². The molecule has 0 fully saturated rings. The highest BCUT2D eigenvalue weighted by atomic mass is 19.4. The number of rotatable bonds is 3. The van der Waals surface area contributed by atoms with Crippen molar-refractivity contribution >= 4 is 0 Å². The summed E-state index contributed by atoms with van der Waals surface area (Å²) in [6.07, 6.45) is -16.5. The van der Waals surface area contributed by atoms with Crippen molar-refractivity contribution in [1.82, 2.24) is 5.32 Å². The maximum Gasteiger partial charge on any atom is 0.417 e. The highest BCUT2D eigenvalue weighted by Crippen LogP contribution is 2.48. The van der Waals surface area contributed by atoms with Crippen molar-refractivity contribution in [3.8, 4) is 0 Å². The fraction of sp³-hybridized carbons (Fsp3) is 0.538. The molecule has 10 heteroatoms. The Morgan fingerprint density at radius 1 is 0.826 bits per heavy atom. The van der Waals surface area contributed by atoms with E-state index >= 15 is 0 Å². The van der Waals surface area contributed by atoms with Crippen molar-refractivity contribution in [3.63, 3.8) is 0 Å². The van der Waals surface area contributed by atoms with Crippen LogP contribution in [0, 0.1) is 0 Å². The normalized spacial score (nSPS) is 14.9. The Balaban J connectivity index is 3.96. The molecule has 1 aromatic carbocycles. The van der Waals surface area contributed by atoms with E-state index in [2.05, 4.69) is 5.32 Å². The van der Waals surface area contributed by atoms with Crippen LogP contribution < -0.4 is 5.32 Å². The Morgan fingerprint density at radius 2 is 1.26 bits per heavy atom. The van der Waals surface area contributed by atoms with Gasteiger partial charge >= 0.3 is 18.5 Å². The molecule has 0 radical (unpaired) electrons. The van der Waals surface area contributed by atoms with E-state index in [0.717, 1.165) is 7.05 Å². The third-order valence-electron chi connectivity index (χ3n) is 3.24. The quantitative estimate of drug-likeness (QED) is 0.716. The fourth-order valence-electron chi connectivity index (χ4n) is 2.32. The molecular formula is C13H12F9N. The van der Waals surface area contributed by atoms with E-state index in [9.17, 15) is 39.5 Å². The lowest BCUT2D eigenvalue weighted by Gasteiger charge is -2.27. The summed E-state index contributed by atoms with van der Waals surface area (Å²) in [4.78, 5) is 0. The Labute approximate surface area is 125 Å². The molecule has 23 heavy (non-hydrogen) atoms. The van der Waals surface area contributed by atoms with Crippen LogP contribution in [0.1, 0.15) is 41.6 Å². The summed E-state index contributed by atoms with van der Waals surface area (Å²) in [5, 5.41) is 2.20. The Hall–Kier alpha value is -1.45. The molecule has 1 N–H and O–H groups in total. The molecule has 0 amide bonds. The monoisotopic (exact) mass is 353 g/mol. The first kappa shape index (κ1) is 19.6. The largest absolute Gasteiger partial charge is 0.417 e. The molecular weight excluding hydrogens is 341 g/mol. The lowest BCUT2D eigenvalue weighted by molar-refractivity contribution is -0.164. The minimum absolute atomic E-state index is 0.0351. The number of alkyl halides is 9. The molecule has 0 spiro atoms. The molecule has 0 aliphatic rings. The van der Waals surface area contributed by atoms with Crippen LogP contribution >= 0.6 is 0 Å². The van der Waals surface area contributed by atoms with Crippen molar-refractivity contribution in [3.05, 3.63) is 34.4 Å². The van der Waals surface area contributed by atoms with Gasteiger partial charge in [-0.15, -0.1) is 0 Å². The molecule has 0 heterocycles. The van der Waals surface area contributed by atoms with Gasteiger partial charge in [-0.05, 0) is 31.2 Å². The molecule has 0 saturated carbocycles. The lowest BCUT2D eigenvalue weighted by atomic mass is 9.88. The first-order valence-corrected chi connectivity index (χ1v) is 6.30. The number of hydrogen-bond donors (Lipinski definition) is 1.